The van der Waals surface area contributed by atoms with Crippen molar-refractivity contribution in [1.82, 2.24) is 10.2 Å². The number of amides is 2. The molecule has 1 aliphatic heterocycles. The quantitative estimate of drug-likeness (QED) is 0.673. The summed E-state index contributed by atoms with van der Waals surface area (Å²) in [4.78, 5) is 25.3. The predicted molar refractivity (Wildman–Crippen MR) is 88.7 cm³/mol. The molecule has 2 rings (SSSR count). The van der Waals surface area contributed by atoms with Crippen LogP contribution < -0.4 is 10.6 Å². The van der Waals surface area contributed by atoms with E-state index in [0.29, 0.717) is 18.2 Å². The van der Waals surface area contributed by atoms with Gasteiger partial charge in [-0.05, 0) is 66.7 Å². The number of urea groups is 1. The minimum absolute atomic E-state index is 0.0950. The molecule has 1 unspecified atom stereocenters. The molecule has 0 aromatic heterocycles. The number of nitrogens with one attached hydrogen (secondary N) is 2. The first-order valence-electron chi connectivity index (χ1n) is 6.72. The number of hydrogen-bond donors (Lipinski definition) is 3. The molecule has 0 aliphatic carbocycles. The van der Waals surface area contributed by atoms with Crippen molar-refractivity contribution in [3.8, 4) is 0 Å². The fourth-order valence-corrected chi connectivity index (χ4v) is 2.89. The average molecular weight is 403 g/mol. The van der Waals surface area contributed by atoms with Crippen LogP contribution in [0.25, 0.3) is 0 Å². The van der Waals surface area contributed by atoms with Crippen molar-refractivity contribution in [3.63, 3.8) is 0 Å². The predicted octanol–water partition coefficient (Wildman–Crippen LogP) is 2.06. The molecule has 21 heavy (non-hydrogen) atoms. The van der Waals surface area contributed by atoms with Crippen LogP contribution in [0, 0.1) is 9.49 Å². The summed E-state index contributed by atoms with van der Waals surface area (Å²) in [6.07, 6.45) is 1.07. The lowest BCUT2D eigenvalue weighted by atomic mass is 10.1. The standard InChI is InChI=1S/C14H18IN3O3/c1-18-5-4-9(8-18)7-16-14(21)17-12-3-2-10(15)6-11(12)13(19)20/h2-3,6,9H,4-5,7-8H2,1H3,(H,19,20)(H2,16,17,21). The Morgan fingerprint density at radius 2 is 2.24 bits per heavy atom. The second-order valence-corrected chi connectivity index (χ2v) is 6.49. The number of carboxylic acid groups (broad SMARTS) is 1. The van der Waals surface area contributed by atoms with E-state index in [4.69, 9.17) is 5.11 Å². The van der Waals surface area contributed by atoms with Gasteiger partial charge in [-0.3, -0.25) is 0 Å². The number of carbonyl (C=O) groups is 2. The van der Waals surface area contributed by atoms with Crippen LogP contribution in [0.5, 0.6) is 0 Å². The third kappa shape index (κ3) is 4.57. The molecular formula is C14H18IN3O3. The van der Waals surface area contributed by atoms with Gasteiger partial charge in [-0.25, -0.2) is 9.59 Å². The molecule has 0 radical (unpaired) electrons. The summed E-state index contributed by atoms with van der Waals surface area (Å²) < 4.78 is 0.810. The second-order valence-electron chi connectivity index (χ2n) is 5.25. The minimum Gasteiger partial charge on any atom is -0.478 e. The van der Waals surface area contributed by atoms with Gasteiger partial charge >= 0.3 is 12.0 Å². The maximum absolute atomic E-state index is 11.9. The first kappa shape index (κ1) is 16.0. The van der Waals surface area contributed by atoms with Crippen molar-refractivity contribution in [1.29, 1.82) is 0 Å². The number of likely N-dealkylation sites (tertiary alicyclic amines) is 1. The Balaban J connectivity index is 1.92. The van der Waals surface area contributed by atoms with Gasteiger partial charge in [-0.2, -0.15) is 0 Å². The van der Waals surface area contributed by atoms with Gasteiger partial charge in [0.1, 0.15) is 0 Å². The second kappa shape index (κ2) is 7.08. The van der Waals surface area contributed by atoms with E-state index in [0.717, 1.165) is 23.1 Å². The lowest BCUT2D eigenvalue weighted by Gasteiger charge is -2.13. The topological polar surface area (TPSA) is 81.7 Å². The van der Waals surface area contributed by atoms with Crippen LogP contribution in [-0.2, 0) is 0 Å². The number of anilines is 1. The van der Waals surface area contributed by atoms with E-state index in [1.807, 2.05) is 22.6 Å². The first-order chi connectivity index (χ1) is 9.95. The summed E-state index contributed by atoms with van der Waals surface area (Å²) in [6, 6.07) is 4.53. The maximum Gasteiger partial charge on any atom is 0.337 e. The van der Waals surface area contributed by atoms with Gasteiger partial charge in [-0.1, -0.05) is 0 Å². The third-order valence-electron chi connectivity index (χ3n) is 3.50. The zero-order valence-electron chi connectivity index (χ0n) is 11.7. The molecule has 0 bridgehead atoms. The van der Waals surface area contributed by atoms with E-state index < -0.39 is 5.97 Å². The molecule has 2 amide bonds. The van der Waals surface area contributed by atoms with Crippen molar-refractivity contribution in [3.05, 3.63) is 27.3 Å². The number of halogens is 1. The zero-order valence-corrected chi connectivity index (χ0v) is 13.9. The molecule has 0 saturated carbocycles. The smallest absolute Gasteiger partial charge is 0.337 e. The van der Waals surface area contributed by atoms with Crippen molar-refractivity contribution in [2.24, 2.45) is 5.92 Å². The molecule has 1 heterocycles. The lowest BCUT2D eigenvalue weighted by molar-refractivity contribution is 0.0698. The minimum atomic E-state index is -1.05. The zero-order chi connectivity index (χ0) is 15.4. The van der Waals surface area contributed by atoms with Crippen molar-refractivity contribution in [2.45, 2.75) is 6.42 Å². The molecule has 1 fully saturated rings. The van der Waals surface area contributed by atoms with E-state index in [9.17, 15) is 9.59 Å². The molecule has 6 nitrogen and oxygen atoms in total. The van der Waals surface area contributed by atoms with E-state index >= 15 is 0 Å². The highest BCUT2D eigenvalue weighted by atomic mass is 127. The van der Waals surface area contributed by atoms with Gasteiger partial charge in [-0.15, -0.1) is 0 Å². The largest absolute Gasteiger partial charge is 0.478 e. The van der Waals surface area contributed by atoms with Crippen LogP contribution in [0.1, 0.15) is 16.8 Å². The average Bonchev–Trinajstić information content (AvgIpc) is 2.84. The summed E-state index contributed by atoms with van der Waals surface area (Å²) in [5.74, 6) is -0.599. The molecule has 1 aromatic carbocycles. The van der Waals surface area contributed by atoms with Gasteiger partial charge in [0.25, 0.3) is 0 Å². The van der Waals surface area contributed by atoms with Crippen LogP contribution in [0.2, 0.25) is 0 Å². The highest BCUT2D eigenvalue weighted by molar-refractivity contribution is 14.1. The molecule has 0 spiro atoms. The summed E-state index contributed by atoms with van der Waals surface area (Å²) in [7, 11) is 2.06. The SMILES string of the molecule is CN1CCC(CNC(=O)Nc2ccc(I)cc2C(=O)O)C1. The Labute approximate surface area is 137 Å². The number of rotatable bonds is 4. The molecule has 3 N–H and O–H groups in total. The van der Waals surface area contributed by atoms with Crippen molar-refractivity contribution < 1.29 is 14.7 Å². The van der Waals surface area contributed by atoms with E-state index in [-0.39, 0.29) is 11.6 Å². The molecule has 7 heteroatoms. The van der Waals surface area contributed by atoms with Gasteiger partial charge in [0.05, 0.1) is 11.3 Å². The molecule has 1 aromatic rings. The number of nitrogens with zero attached hydrogens (tertiary/aromatic N) is 1. The molecule has 1 aliphatic rings. The number of carboxylic acids is 1. The summed E-state index contributed by atoms with van der Waals surface area (Å²) in [6.45, 7) is 2.63. The van der Waals surface area contributed by atoms with E-state index in [2.05, 4.69) is 22.6 Å². The highest BCUT2D eigenvalue weighted by Gasteiger charge is 2.20. The first-order valence-corrected chi connectivity index (χ1v) is 7.80. The monoisotopic (exact) mass is 403 g/mol. The summed E-state index contributed by atoms with van der Waals surface area (Å²) in [5, 5.41) is 14.6. The van der Waals surface area contributed by atoms with E-state index in [1.54, 1.807) is 12.1 Å². The highest BCUT2D eigenvalue weighted by Crippen LogP contribution is 2.19. The Morgan fingerprint density at radius 1 is 1.48 bits per heavy atom. The van der Waals surface area contributed by atoms with Crippen LogP contribution >= 0.6 is 22.6 Å². The van der Waals surface area contributed by atoms with Crippen molar-refractivity contribution in [2.75, 3.05) is 32.0 Å². The summed E-state index contributed by atoms with van der Waals surface area (Å²) in [5.41, 5.74) is 0.404. The fraction of sp³-hybridized carbons (Fsp3) is 0.429. The molecular weight excluding hydrogens is 385 g/mol. The normalized spacial score (nSPS) is 18.5. The Hall–Kier alpha value is -1.35. The Kier molecular flexibility index (Phi) is 5.40. The van der Waals surface area contributed by atoms with Crippen LogP contribution in [0.4, 0.5) is 10.5 Å². The maximum atomic E-state index is 11.9. The Morgan fingerprint density at radius 3 is 2.86 bits per heavy atom. The molecule has 114 valence electrons. The fourth-order valence-electron chi connectivity index (χ4n) is 2.40. The number of aromatic carboxylic acids is 1. The molecule has 1 saturated heterocycles. The van der Waals surface area contributed by atoms with Crippen LogP contribution in [-0.4, -0.2) is 48.7 Å². The number of carbonyl (C=O) groups excluding carboxylic acids is 1. The van der Waals surface area contributed by atoms with Gasteiger partial charge < -0.3 is 20.6 Å². The molecule has 1 atom stereocenters. The number of hydrogen-bond acceptors (Lipinski definition) is 3. The lowest BCUT2D eigenvalue weighted by Crippen LogP contribution is -2.34. The van der Waals surface area contributed by atoms with Crippen molar-refractivity contribution >= 4 is 40.3 Å². The van der Waals surface area contributed by atoms with E-state index in [1.165, 1.54) is 6.07 Å². The van der Waals surface area contributed by atoms with Gasteiger partial charge in [0, 0.05) is 16.7 Å². The third-order valence-corrected chi connectivity index (χ3v) is 4.17. The van der Waals surface area contributed by atoms with Crippen LogP contribution in [0.15, 0.2) is 18.2 Å². The van der Waals surface area contributed by atoms with Crippen LogP contribution in [0.3, 0.4) is 0 Å². The Bertz CT molecular complexity index is 550. The van der Waals surface area contributed by atoms with Gasteiger partial charge in [0.15, 0.2) is 0 Å². The van der Waals surface area contributed by atoms with Gasteiger partial charge in [0.2, 0.25) is 0 Å². The number of benzene rings is 1. The summed E-state index contributed by atoms with van der Waals surface area (Å²) >= 11 is 2.04.